The molecule has 1 saturated heterocycles. The van der Waals surface area contributed by atoms with Crippen molar-refractivity contribution in [2.45, 2.75) is 25.2 Å². The Morgan fingerprint density at radius 3 is 2.68 bits per heavy atom. The Morgan fingerprint density at radius 1 is 1.21 bits per heavy atom. The lowest BCUT2D eigenvalue weighted by Gasteiger charge is -2.25. The molecular weight excluding hydrogens is 373 g/mol. The summed E-state index contributed by atoms with van der Waals surface area (Å²) in [6, 6.07) is 6.55. The molecule has 1 aromatic carbocycles. The molecule has 6 nitrogen and oxygen atoms in total. The van der Waals surface area contributed by atoms with Crippen molar-refractivity contribution in [3.05, 3.63) is 41.7 Å². The number of ether oxygens (including phenoxy) is 2. The second-order valence-corrected chi connectivity index (χ2v) is 6.71. The number of aromatic nitrogens is 2. The van der Waals surface area contributed by atoms with Crippen molar-refractivity contribution in [3.63, 3.8) is 0 Å². The standard InChI is InChI=1S/C19H23F3N4O2/c1-25(18-23-8-6-17(24-18)19(20,21)22)14-7-9-26(12-14)11-13-10-15(27-2)4-5-16(13)28-3/h4-6,8,10,14H,7,9,11-12H2,1-3H3. The van der Waals surface area contributed by atoms with Gasteiger partial charge in [-0.1, -0.05) is 0 Å². The number of nitrogens with zero attached hydrogens (tertiary/aromatic N) is 4. The van der Waals surface area contributed by atoms with E-state index in [0.717, 1.165) is 42.3 Å². The first kappa shape index (κ1) is 20.2. The first-order chi connectivity index (χ1) is 13.3. The highest BCUT2D eigenvalue weighted by atomic mass is 19.4. The minimum atomic E-state index is -4.48. The maximum Gasteiger partial charge on any atom is 0.433 e. The first-order valence-electron chi connectivity index (χ1n) is 8.88. The molecule has 1 aliphatic heterocycles. The molecule has 1 aliphatic rings. The molecule has 152 valence electrons. The molecule has 2 aromatic rings. The van der Waals surface area contributed by atoms with E-state index in [4.69, 9.17) is 9.47 Å². The van der Waals surface area contributed by atoms with E-state index in [1.54, 1.807) is 26.2 Å². The summed E-state index contributed by atoms with van der Waals surface area (Å²) in [4.78, 5) is 11.6. The summed E-state index contributed by atoms with van der Waals surface area (Å²) in [5, 5.41) is 0. The van der Waals surface area contributed by atoms with Crippen molar-refractivity contribution in [2.24, 2.45) is 0 Å². The van der Waals surface area contributed by atoms with Crippen LogP contribution >= 0.6 is 0 Å². The van der Waals surface area contributed by atoms with Crippen LogP contribution in [0, 0.1) is 0 Å². The van der Waals surface area contributed by atoms with E-state index >= 15 is 0 Å². The Balaban J connectivity index is 1.69. The van der Waals surface area contributed by atoms with Gasteiger partial charge >= 0.3 is 6.18 Å². The highest BCUT2D eigenvalue weighted by Crippen LogP contribution is 2.30. The van der Waals surface area contributed by atoms with E-state index in [1.807, 2.05) is 18.2 Å². The van der Waals surface area contributed by atoms with Crippen LogP contribution in [-0.4, -0.2) is 55.3 Å². The zero-order chi connectivity index (χ0) is 20.3. The second-order valence-electron chi connectivity index (χ2n) is 6.71. The predicted octanol–water partition coefficient (Wildman–Crippen LogP) is 3.22. The number of hydrogen-bond donors (Lipinski definition) is 0. The smallest absolute Gasteiger partial charge is 0.433 e. The van der Waals surface area contributed by atoms with E-state index < -0.39 is 11.9 Å². The van der Waals surface area contributed by atoms with Gasteiger partial charge in [-0.2, -0.15) is 13.2 Å². The van der Waals surface area contributed by atoms with Gasteiger partial charge in [-0.05, 0) is 30.7 Å². The van der Waals surface area contributed by atoms with Gasteiger partial charge in [0.2, 0.25) is 5.95 Å². The molecule has 2 heterocycles. The lowest BCUT2D eigenvalue weighted by molar-refractivity contribution is -0.141. The number of benzene rings is 1. The van der Waals surface area contributed by atoms with Crippen molar-refractivity contribution in [1.82, 2.24) is 14.9 Å². The quantitative estimate of drug-likeness (QED) is 0.747. The normalized spacial score (nSPS) is 17.6. The summed E-state index contributed by atoms with van der Waals surface area (Å²) in [7, 11) is 4.97. The summed E-state index contributed by atoms with van der Waals surface area (Å²) >= 11 is 0. The zero-order valence-electron chi connectivity index (χ0n) is 16.0. The summed E-state index contributed by atoms with van der Waals surface area (Å²) in [5.74, 6) is 1.61. The molecule has 3 rings (SSSR count). The average Bonchev–Trinajstić information content (AvgIpc) is 3.15. The van der Waals surface area contributed by atoms with Crippen LogP contribution in [0.3, 0.4) is 0 Å². The number of hydrogen-bond acceptors (Lipinski definition) is 6. The van der Waals surface area contributed by atoms with Gasteiger partial charge in [-0.3, -0.25) is 4.90 Å². The molecule has 0 saturated carbocycles. The molecule has 28 heavy (non-hydrogen) atoms. The van der Waals surface area contributed by atoms with Crippen LogP contribution in [0.25, 0.3) is 0 Å². The lowest BCUT2D eigenvalue weighted by Crippen LogP contribution is -2.35. The number of rotatable bonds is 6. The third-order valence-corrected chi connectivity index (χ3v) is 4.93. The van der Waals surface area contributed by atoms with Crippen molar-refractivity contribution in [1.29, 1.82) is 0 Å². The monoisotopic (exact) mass is 396 g/mol. The molecule has 1 fully saturated rings. The number of likely N-dealkylation sites (N-methyl/N-ethyl adjacent to an activating group) is 1. The van der Waals surface area contributed by atoms with Crippen LogP contribution in [0.4, 0.5) is 19.1 Å². The molecule has 0 radical (unpaired) electrons. The number of halogens is 3. The fourth-order valence-corrected chi connectivity index (χ4v) is 3.36. The third kappa shape index (κ3) is 4.46. The van der Waals surface area contributed by atoms with Crippen molar-refractivity contribution < 1.29 is 22.6 Å². The predicted molar refractivity (Wildman–Crippen MR) is 98.7 cm³/mol. The molecule has 9 heteroatoms. The van der Waals surface area contributed by atoms with Crippen molar-refractivity contribution in [2.75, 3.05) is 39.3 Å². The van der Waals surface area contributed by atoms with Gasteiger partial charge in [0, 0.05) is 44.5 Å². The van der Waals surface area contributed by atoms with Crippen LogP contribution in [0.15, 0.2) is 30.5 Å². The highest BCUT2D eigenvalue weighted by molar-refractivity contribution is 5.40. The number of likely N-dealkylation sites (tertiary alicyclic amines) is 1. The van der Waals surface area contributed by atoms with Gasteiger partial charge in [-0.25, -0.2) is 9.97 Å². The van der Waals surface area contributed by atoms with E-state index in [-0.39, 0.29) is 12.0 Å². The molecule has 1 atom stereocenters. The van der Waals surface area contributed by atoms with Crippen LogP contribution in [0.1, 0.15) is 17.7 Å². The Morgan fingerprint density at radius 2 is 2.00 bits per heavy atom. The van der Waals surface area contributed by atoms with Gasteiger partial charge in [0.15, 0.2) is 0 Å². The lowest BCUT2D eigenvalue weighted by atomic mass is 10.1. The maximum absolute atomic E-state index is 12.9. The number of anilines is 1. The molecule has 0 N–H and O–H groups in total. The summed E-state index contributed by atoms with van der Waals surface area (Å²) in [6.45, 7) is 2.17. The Hall–Kier alpha value is -2.55. The van der Waals surface area contributed by atoms with Crippen molar-refractivity contribution >= 4 is 5.95 Å². The Bertz CT molecular complexity index is 816. The van der Waals surface area contributed by atoms with Gasteiger partial charge in [0.05, 0.1) is 14.2 Å². The number of methoxy groups -OCH3 is 2. The van der Waals surface area contributed by atoms with E-state index in [2.05, 4.69) is 14.9 Å². The van der Waals surface area contributed by atoms with E-state index in [0.29, 0.717) is 13.1 Å². The SMILES string of the molecule is COc1ccc(OC)c(CN2CCC(N(C)c3nccc(C(F)(F)F)n3)C2)c1. The largest absolute Gasteiger partial charge is 0.497 e. The summed E-state index contributed by atoms with van der Waals surface area (Å²) in [5.41, 5.74) is 0.0702. The van der Waals surface area contributed by atoms with E-state index in [1.165, 1.54) is 0 Å². The second kappa shape index (κ2) is 8.22. The molecular formula is C19H23F3N4O2. The first-order valence-corrected chi connectivity index (χ1v) is 8.88. The van der Waals surface area contributed by atoms with Gasteiger partial charge in [-0.15, -0.1) is 0 Å². The molecule has 0 spiro atoms. The van der Waals surface area contributed by atoms with Gasteiger partial charge in [0.25, 0.3) is 0 Å². The van der Waals surface area contributed by atoms with Crippen LogP contribution in [-0.2, 0) is 12.7 Å². The summed E-state index contributed by atoms with van der Waals surface area (Å²) in [6.07, 6.45) is -2.53. The maximum atomic E-state index is 12.9. The average molecular weight is 396 g/mol. The van der Waals surface area contributed by atoms with Gasteiger partial charge < -0.3 is 14.4 Å². The zero-order valence-corrected chi connectivity index (χ0v) is 16.0. The Labute approximate surface area is 161 Å². The van der Waals surface area contributed by atoms with Crippen LogP contribution < -0.4 is 14.4 Å². The minimum Gasteiger partial charge on any atom is -0.497 e. The van der Waals surface area contributed by atoms with Crippen LogP contribution in [0.2, 0.25) is 0 Å². The minimum absolute atomic E-state index is 0.0279. The molecule has 0 amide bonds. The summed E-state index contributed by atoms with van der Waals surface area (Å²) < 4.78 is 49.4. The number of alkyl halides is 3. The fraction of sp³-hybridized carbons (Fsp3) is 0.474. The topological polar surface area (TPSA) is 50.7 Å². The fourth-order valence-electron chi connectivity index (χ4n) is 3.36. The molecule has 1 unspecified atom stereocenters. The third-order valence-electron chi connectivity index (χ3n) is 4.93. The molecule has 1 aromatic heterocycles. The Kier molecular flexibility index (Phi) is 5.93. The van der Waals surface area contributed by atoms with Crippen LogP contribution in [0.5, 0.6) is 11.5 Å². The molecule has 0 aliphatic carbocycles. The van der Waals surface area contributed by atoms with E-state index in [9.17, 15) is 13.2 Å². The highest BCUT2D eigenvalue weighted by Gasteiger charge is 2.34. The molecule has 0 bridgehead atoms. The van der Waals surface area contributed by atoms with Crippen molar-refractivity contribution in [3.8, 4) is 11.5 Å². The van der Waals surface area contributed by atoms with Gasteiger partial charge in [0.1, 0.15) is 17.2 Å².